The Morgan fingerprint density at radius 3 is 2.66 bits per heavy atom. The lowest BCUT2D eigenvalue weighted by molar-refractivity contribution is -0.0198. The Morgan fingerprint density at radius 2 is 1.92 bits per heavy atom. The maximum atomic E-state index is 9.88. The number of nitrogen functional groups attached to an aromatic ring is 1. The summed E-state index contributed by atoms with van der Waals surface area (Å²) in [6.45, 7) is 3.58. The molecule has 38 heavy (non-hydrogen) atoms. The van der Waals surface area contributed by atoms with Crippen molar-refractivity contribution in [2.45, 2.75) is 81.6 Å². The maximum Gasteiger partial charge on any atom is 0.146 e. The first kappa shape index (κ1) is 24.4. The molecule has 3 saturated heterocycles. The summed E-state index contributed by atoms with van der Waals surface area (Å²) in [5.41, 5.74) is 9.40. The van der Waals surface area contributed by atoms with Gasteiger partial charge in [-0.15, -0.1) is 0 Å². The zero-order valence-corrected chi connectivity index (χ0v) is 22.1. The second-order valence-electron chi connectivity index (χ2n) is 12.1. The summed E-state index contributed by atoms with van der Waals surface area (Å²) in [5.74, 6) is 2.08. The van der Waals surface area contributed by atoms with Crippen molar-refractivity contribution in [1.29, 1.82) is 0 Å². The molecule has 1 atom stereocenters. The van der Waals surface area contributed by atoms with Gasteiger partial charge in [0, 0.05) is 37.4 Å². The predicted molar refractivity (Wildman–Crippen MR) is 147 cm³/mol. The number of anilines is 1. The summed E-state index contributed by atoms with van der Waals surface area (Å²) in [4.78, 5) is 11.5. The minimum absolute atomic E-state index is 0.0949. The molecule has 202 valence electrons. The summed E-state index contributed by atoms with van der Waals surface area (Å²) in [5, 5.41) is 10.8. The molecule has 3 N–H and O–H groups in total. The lowest BCUT2D eigenvalue weighted by atomic mass is 9.85. The fourth-order valence-electron chi connectivity index (χ4n) is 7.41. The first-order valence-corrected chi connectivity index (χ1v) is 14.5. The third-order valence-corrected chi connectivity index (χ3v) is 9.52. The number of rotatable bonds is 7. The van der Waals surface area contributed by atoms with Gasteiger partial charge < -0.3 is 29.8 Å². The average molecular weight is 518 g/mol. The third-order valence-electron chi connectivity index (χ3n) is 9.52. The van der Waals surface area contributed by atoms with E-state index >= 15 is 0 Å². The van der Waals surface area contributed by atoms with Gasteiger partial charge in [-0.1, -0.05) is 12.1 Å². The van der Waals surface area contributed by atoms with E-state index in [9.17, 15) is 5.11 Å². The second kappa shape index (κ2) is 9.81. The van der Waals surface area contributed by atoms with Gasteiger partial charge in [-0.2, -0.15) is 0 Å². The van der Waals surface area contributed by atoms with Gasteiger partial charge in [0.05, 0.1) is 17.6 Å². The molecule has 4 fully saturated rings. The van der Waals surface area contributed by atoms with Crippen LogP contribution in [0, 0.1) is 5.92 Å². The number of aliphatic hydroxyl groups excluding tert-OH is 1. The van der Waals surface area contributed by atoms with E-state index in [-0.39, 0.29) is 11.7 Å². The van der Waals surface area contributed by atoms with Crippen LogP contribution >= 0.6 is 0 Å². The molecule has 8 nitrogen and oxygen atoms in total. The second-order valence-corrected chi connectivity index (χ2v) is 12.1. The molecule has 4 aliphatic rings. The number of aromatic nitrogens is 3. The molecule has 1 aliphatic carbocycles. The van der Waals surface area contributed by atoms with E-state index in [2.05, 4.69) is 38.8 Å². The van der Waals surface area contributed by atoms with Crippen LogP contribution in [0.5, 0.6) is 5.75 Å². The quantitative estimate of drug-likeness (QED) is 0.474. The van der Waals surface area contributed by atoms with Crippen molar-refractivity contribution < 1.29 is 14.6 Å². The molecular formula is C30H39N5O3. The summed E-state index contributed by atoms with van der Waals surface area (Å²) >= 11 is 0. The molecule has 0 spiro atoms. The monoisotopic (exact) mass is 517 g/mol. The van der Waals surface area contributed by atoms with E-state index < -0.39 is 0 Å². The molecule has 5 heterocycles. The van der Waals surface area contributed by atoms with Gasteiger partial charge in [0.15, 0.2) is 0 Å². The number of hydrogen-bond donors (Lipinski definition) is 2. The molecule has 1 aromatic carbocycles. The van der Waals surface area contributed by atoms with Crippen LogP contribution in [-0.4, -0.2) is 68.6 Å². The number of likely N-dealkylation sites (tertiary alicyclic amines) is 1. The Hall–Kier alpha value is -2.68. The molecule has 0 unspecified atom stereocenters. The SMILES string of the molecule is Nc1ncnc2c1c(-c1cccc(OCC34CCC(CC3)O4)c1)cn2C1CCC(CN2CC[C@@H](O)C2)CC1. The van der Waals surface area contributed by atoms with Crippen molar-refractivity contribution in [3.63, 3.8) is 0 Å². The number of benzene rings is 1. The van der Waals surface area contributed by atoms with Crippen molar-refractivity contribution in [2.75, 3.05) is 32.0 Å². The predicted octanol–water partition coefficient (Wildman–Crippen LogP) is 4.57. The number of nitrogens with zero attached hydrogens (tertiary/aromatic N) is 4. The normalized spacial score (nSPS) is 31.4. The number of fused-ring (bicyclic) bond motifs is 3. The van der Waals surface area contributed by atoms with Gasteiger partial charge in [-0.3, -0.25) is 0 Å². The van der Waals surface area contributed by atoms with Crippen LogP contribution in [0.25, 0.3) is 22.2 Å². The maximum absolute atomic E-state index is 9.88. The molecule has 2 bridgehead atoms. The van der Waals surface area contributed by atoms with Crippen molar-refractivity contribution >= 4 is 16.9 Å². The van der Waals surface area contributed by atoms with Gasteiger partial charge in [0.2, 0.25) is 0 Å². The van der Waals surface area contributed by atoms with Crippen LogP contribution in [0.15, 0.2) is 36.8 Å². The highest BCUT2D eigenvalue weighted by atomic mass is 16.6. The van der Waals surface area contributed by atoms with Crippen molar-refractivity contribution in [3.8, 4) is 16.9 Å². The Balaban J connectivity index is 1.10. The zero-order chi connectivity index (χ0) is 25.7. The van der Waals surface area contributed by atoms with Crippen LogP contribution < -0.4 is 10.5 Å². The number of ether oxygens (including phenoxy) is 2. The number of β-amino-alcohol motifs (C(OH)–C–C–N with tert-alkyl or cyclic N) is 1. The molecule has 0 radical (unpaired) electrons. The van der Waals surface area contributed by atoms with E-state index in [1.54, 1.807) is 6.33 Å². The van der Waals surface area contributed by atoms with E-state index in [1.165, 1.54) is 12.8 Å². The van der Waals surface area contributed by atoms with Crippen molar-refractivity contribution in [1.82, 2.24) is 19.4 Å². The summed E-state index contributed by atoms with van der Waals surface area (Å²) in [6.07, 6.45) is 14.2. The van der Waals surface area contributed by atoms with Crippen LogP contribution in [-0.2, 0) is 4.74 Å². The Bertz CT molecular complexity index is 1290. The fourth-order valence-corrected chi connectivity index (χ4v) is 7.41. The van der Waals surface area contributed by atoms with Crippen LogP contribution in [0.2, 0.25) is 0 Å². The molecule has 3 aliphatic heterocycles. The van der Waals surface area contributed by atoms with Crippen LogP contribution in [0.1, 0.15) is 63.8 Å². The van der Waals surface area contributed by atoms with Gasteiger partial charge in [-0.05, 0) is 81.4 Å². The Kier molecular flexibility index (Phi) is 6.29. The topological polar surface area (TPSA) is 98.7 Å². The lowest BCUT2D eigenvalue weighted by Crippen LogP contribution is -2.32. The van der Waals surface area contributed by atoms with Gasteiger partial charge >= 0.3 is 0 Å². The minimum atomic E-state index is -0.143. The van der Waals surface area contributed by atoms with Crippen molar-refractivity contribution in [3.05, 3.63) is 36.8 Å². The largest absolute Gasteiger partial charge is 0.491 e. The zero-order valence-electron chi connectivity index (χ0n) is 22.1. The molecule has 2 aromatic heterocycles. The Morgan fingerprint density at radius 1 is 1.08 bits per heavy atom. The highest BCUT2D eigenvalue weighted by molar-refractivity contribution is 6.00. The van der Waals surface area contributed by atoms with E-state index in [1.807, 2.05) is 6.07 Å². The summed E-state index contributed by atoms with van der Waals surface area (Å²) in [6, 6.07) is 8.72. The number of aliphatic hydroxyl groups is 1. The summed E-state index contributed by atoms with van der Waals surface area (Å²) < 4.78 is 14.9. The average Bonchev–Trinajstić information content (AvgIpc) is 3.72. The first-order chi connectivity index (χ1) is 18.6. The van der Waals surface area contributed by atoms with E-state index in [0.29, 0.717) is 30.5 Å². The smallest absolute Gasteiger partial charge is 0.146 e. The van der Waals surface area contributed by atoms with Crippen LogP contribution in [0.4, 0.5) is 5.82 Å². The van der Waals surface area contributed by atoms with Gasteiger partial charge in [0.1, 0.15) is 35.7 Å². The lowest BCUT2D eigenvalue weighted by Gasteiger charge is -2.32. The van der Waals surface area contributed by atoms with E-state index in [0.717, 1.165) is 92.5 Å². The highest BCUT2D eigenvalue weighted by Crippen LogP contribution is 2.44. The molecule has 7 rings (SSSR count). The number of nitrogens with two attached hydrogens (primary N) is 1. The summed E-state index contributed by atoms with van der Waals surface area (Å²) in [7, 11) is 0. The number of hydrogen-bond acceptors (Lipinski definition) is 7. The third kappa shape index (κ3) is 4.56. The highest BCUT2D eigenvalue weighted by Gasteiger charge is 2.46. The molecule has 8 heteroatoms. The molecule has 1 saturated carbocycles. The van der Waals surface area contributed by atoms with Crippen LogP contribution in [0.3, 0.4) is 0 Å². The molecule has 0 amide bonds. The fraction of sp³-hybridized carbons (Fsp3) is 0.600. The minimum Gasteiger partial charge on any atom is -0.491 e. The molecular weight excluding hydrogens is 478 g/mol. The standard InChI is InChI=1S/C30H39N5O3/c31-28-27-26(21-2-1-3-25(14-21)37-18-30-11-8-24(38-30)9-12-30)17-35(29(27)33-19-32-28)22-6-4-20(5-7-22)15-34-13-10-23(36)16-34/h1-3,14,17,19-20,22-24,36H,4-13,15-16,18H2,(H2,31,32,33)/t20?,22?,23-,24?,30?/m1/s1. The van der Waals surface area contributed by atoms with Gasteiger partial charge in [0.25, 0.3) is 0 Å². The van der Waals surface area contributed by atoms with Gasteiger partial charge in [-0.25, -0.2) is 9.97 Å². The van der Waals surface area contributed by atoms with E-state index in [4.69, 9.17) is 20.2 Å². The first-order valence-electron chi connectivity index (χ1n) is 14.5. The molecule has 3 aromatic rings. The van der Waals surface area contributed by atoms with Crippen molar-refractivity contribution in [2.24, 2.45) is 5.92 Å². The Labute approximate surface area is 224 Å².